The van der Waals surface area contributed by atoms with Crippen molar-refractivity contribution in [2.45, 2.75) is 17.6 Å². The van der Waals surface area contributed by atoms with Crippen molar-refractivity contribution in [1.29, 1.82) is 0 Å². The molecule has 0 unspecified atom stereocenters. The van der Waals surface area contributed by atoms with E-state index in [1.807, 2.05) is 41.9 Å². The Kier molecular flexibility index (Phi) is 4.81. The van der Waals surface area contributed by atoms with E-state index in [-0.39, 0.29) is 11.7 Å². The van der Waals surface area contributed by atoms with Crippen LogP contribution in [0.3, 0.4) is 0 Å². The molecule has 0 spiro atoms. The van der Waals surface area contributed by atoms with E-state index in [4.69, 9.17) is 4.74 Å². The van der Waals surface area contributed by atoms with Crippen LogP contribution in [0, 0.1) is 0 Å². The number of fused-ring (bicyclic) bond motifs is 1. The van der Waals surface area contributed by atoms with Crippen molar-refractivity contribution >= 4 is 28.6 Å². The van der Waals surface area contributed by atoms with Gasteiger partial charge in [0.25, 0.3) is 0 Å². The number of benzene rings is 2. The van der Waals surface area contributed by atoms with Crippen molar-refractivity contribution in [2.24, 2.45) is 7.05 Å². The Morgan fingerprint density at radius 1 is 1.21 bits per heavy atom. The molecule has 2 aromatic carbocycles. The molecule has 0 fully saturated rings. The minimum Gasteiger partial charge on any atom is -0.508 e. The topological polar surface area (TPSA) is 51.5 Å². The fraction of sp³-hybridized carbons (Fsp3) is 0.211. The number of esters is 1. The number of aromatic hydroxyl groups is 1. The predicted octanol–water partition coefficient (Wildman–Crippen LogP) is 4.35. The lowest BCUT2D eigenvalue weighted by molar-refractivity contribution is 0.0527. The number of ether oxygens (including phenoxy) is 1. The van der Waals surface area contributed by atoms with Gasteiger partial charge in [-0.25, -0.2) is 4.79 Å². The van der Waals surface area contributed by atoms with Gasteiger partial charge in [0.05, 0.1) is 17.7 Å². The normalized spacial score (nSPS) is 10.9. The molecule has 1 heterocycles. The summed E-state index contributed by atoms with van der Waals surface area (Å²) in [5, 5.41) is 10.6. The van der Waals surface area contributed by atoms with Gasteiger partial charge in [0, 0.05) is 34.8 Å². The first-order valence-electron chi connectivity index (χ1n) is 7.77. The second kappa shape index (κ2) is 7.01. The number of thioether (sulfide) groups is 1. The highest BCUT2D eigenvalue weighted by Gasteiger charge is 2.22. The van der Waals surface area contributed by atoms with Crippen LogP contribution in [0.5, 0.6) is 5.75 Å². The lowest BCUT2D eigenvalue weighted by atomic mass is 10.1. The summed E-state index contributed by atoms with van der Waals surface area (Å²) in [5.74, 6) is 0.502. The van der Waals surface area contributed by atoms with Gasteiger partial charge in [-0.15, -0.1) is 11.8 Å². The maximum atomic E-state index is 12.5. The number of hydrogen-bond acceptors (Lipinski definition) is 4. The molecule has 3 rings (SSSR count). The summed E-state index contributed by atoms with van der Waals surface area (Å²) in [6.07, 6.45) is 0. The van der Waals surface area contributed by atoms with E-state index in [1.165, 1.54) is 0 Å². The molecular weight excluding hydrogens is 322 g/mol. The van der Waals surface area contributed by atoms with Crippen molar-refractivity contribution in [1.82, 2.24) is 4.57 Å². The molecule has 0 amide bonds. The van der Waals surface area contributed by atoms with Crippen LogP contribution >= 0.6 is 11.8 Å². The first-order valence-corrected chi connectivity index (χ1v) is 8.75. The standard InChI is InChI=1S/C19H19NO3S/c1-3-23-19(22)18-15-10-9-13(21)11-16(15)20(2)17(18)12-24-14-7-5-4-6-8-14/h4-11,21H,3,12H2,1-2H3. The number of nitrogens with zero attached hydrogens (tertiary/aromatic N) is 1. The molecule has 1 N–H and O–H groups in total. The van der Waals surface area contributed by atoms with Crippen molar-refractivity contribution in [3.8, 4) is 5.75 Å². The third kappa shape index (κ3) is 3.12. The predicted molar refractivity (Wildman–Crippen MR) is 96.5 cm³/mol. The molecule has 0 bridgehead atoms. The van der Waals surface area contributed by atoms with Gasteiger partial charge in [-0.2, -0.15) is 0 Å². The van der Waals surface area contributed by atoms with Crippen LogP contribution in [0.1, 0.15) is 23.0 Å². The summed E-state index contributed by atoms with van der Waals surface area (Å²) in [6, 6.07) is 15.1. The molecule has 24 heavy (non-hydrogen) atoms. The number of hydrogen-bond donors (Lipinski definition) is 1. The molecule has 0 aliphatic carbocycles. The second-order valence-corrected chi connectivity index (χ2v) is 6.45. The lowest BCUT2D eigenvalue weighted by Gasteiger charge is -2.08. The summed E-state index contributed by atoms with van der Waals surface area (Å²) in [7, 11) is 1.91. The number of carbonyl (C=O) groups is 1. The highest BCUT2D eigenvalue weighted by molar-refractivity contribution is 7.98. The average Bonchev–Trinajstić information content (AvgIpc) is 2.86. The van der Waals surface area contributed by atoms with Crippen molar-refractivity contribution in [3.05, 3.63) is 59.8 Å². The van der Waals surface area contributed by atoms with Gasteiger partial charge in [0.1, 0.15) is 5.75 Å². The molecule has 0 radical (unpaired) electrons. The van der Waals surface area contributed by atoms with E-state index in [2.05, 4.69) is 0 Å². The minimum atomic E-state index is -0.322. The number of carbonyl (C=O) groups excluding carboxylic acids is 1. The summed E-state index contributed by atoms with van der Waals surface area (Å²) in [6.45, 7) is 2.13. The molecule has 3 aromatic rings. The van der Waals surface area contributed by atoms with Crippen molar-refractivity contribution in [2.75, 3.05) is 6.61 Å². The zero-order chi connectivity index (χ0) is 17.1. The smallest absolute Gasteiger partial charge is 0.340 e. The van der Waals surface area contributed by atoms with Crippen LogP contribution in [-0.2, 0) is 17.5 Å². The van der Waals surface area contributed by atoms with E-state index in [0.717, 1.165) is 21.5 Å². The number of phenols is 1. The van der Waals surface area contributed by atoms with Gasteiger partial charge in [-0.3, -0.25) is 0 Å². The highest BCUT2D eigenvalue weighted by Crippen LogP contribution is 2.33. The van der Waals surface area contributed by atoms with Crippen LogP contribution in [0.2, 0.25) is 0 Å². The highest BCUT2D eigenvalue weighted by atomic mass is 32.2. The van der Waals surface area contributed by atoms with Crippen LogP contribution in [0.25, 0.3) is 10.9 Å². The van der Waals surface area contributed by atoms with E-state index < -0.39 is 0 Å². The van der Waals surface area contributed by atoms with E-state index >= 15 is 0 Å². The van der Waals surface area contributed by atoms with Gasteiger partial charge in [-0.05, 0) is 31.2 Å². The molecule has 4 nitrogen and oxygen atoms in total. The Morgan fingerprint density at radius 2 is 1.96 bits per heavy atom. The zero-order valence-electron chi connectivity index (χ0n) is 13.7. The minimum absolute atomic E-state index is 0.181. The molecular formula is C19H19NO3S. The number of rotatable bonds is 5. The van der Waals surface area contributed by atoms with Crippen LogP contribution < -0.4 is 0 Å². The quantitative estimate of drug-likeness (QED) is 0.553. The van der Waals surface area contributed by atoms with Gasteiger partial charge in [-0.1, -0.05) is 18.2 Å². The maximum absolute atomic E-state index is 12.5. The molecule has 0 atom stereocenters. The summed E-state index contributed by atoms with van der Waals surface area (Å²) in [4.78, 5) is 13.6. The molecule has 0 aliphatic heterocycles. The third-order valence-electron chi connectivity index (χ3n) is 3.90. The summed E-state index contributed by atoms with van der Waals surface area (Å²) in [5.41, 5.74) is 2.29. The van der Waals surface area contributed by atoms with Crippen molar-refractivity contribution in [3.63, 3.8) is 0 Å². The van der Waals surface area contributed by atoms with Crippen LogP contribution in [0.4, 0.5) is 0 Å². The average molecular weight is 341 g/mol. The molecule has 5 heteroatoms. The molecule has 0 saturated carbocycles. The van der Waals surface area contributed by atoms with Crippen LogP contribution in [-0.4, -0.2) is 22.2 Å². The molecule has 1 aromatic heterocycles. The Balaban J connectivity index is 2.05. The second-order valence-electron chi connectivity index (χ2n) is 5.40. The van der Waals surface area contributed by atoms with Gasteiger partial charge >= 0.3 is 5.97 Å². The fourth-order valence-corrected chi connectivity index (χ4v) is 3.74. The summed E-state index contributed by atoms with van der Waals surface area (Å²) < 4.78 is 7.20. The molecule has 0 saturated heterocycles. The zero-order valence-corrected chi connectivity index (χ0v) is 14.5. The van der Waals surface area contributed by atoms with Gasteiger partial charge in [0.2, 0.25) is 0 Å². The lowest BCUT2D eigenvalue weighted by Crippen LogP contribution is -2.08. The third-order valence-corrected chi connectivity index (χ3v) is 4.93. The first kappa shape index (κ1) is 16.5. The van der Waals surface area contributed by atoms with Crippen LogP contribution in [0.15, 0.2) is 53.4 Å². The summed E-state index contributed by atoms with van der Waals surface area (Å²) >= 11 is 1.67. The number of aryl methyl sites for hydroxylation is 1. The fourth-order valence-electron chi connectivity index (χ4n) is 2.75. The Labute approximate surface area is 145 Å². The monoisotopic (exact) mass is 341 g/mol. The molecule has 0 aliphatic rings. The Hall–Kier alpha value is -2.40. The number of phenolic OH excluding ortho intramolecular Hbond substituents is 1. The first-order chi connectivity index (χ1) is 11.6. The van der Waals surface area contributed by atoms with Gasteiger partial charge in [0.15, 0.2) is 0 Å². The largest absolute Gasteiger partial charge is 0.508 e. The Morgan fingerprint density at radius 3 is 2.67 bits per heavy atom. The van der Waals surface area contributed by atoms with Crippen molar-refractivity contribution < 1.29 is 14.6 Å². The van der Waals surface area contributed by atoms with E-state index in [9.17, 15) is 9.90 Å². The van der Waals surface area contributed by atoms with E-state index in [0.29, 0.717) is 17.9 Å². The van der Waals surface area contributed by atoms with Gasteiger partial charge < -0.3 is 14.4 Å². The number of aromatic nitrogens is 1. The Bertz CT molecular complexity index is 871. The molecule has 124 valence electrons. The maximum Gasteiger partial charge on any atom is 0.340 e. The SMILES string of the molecule is CCOC(=O)c1c(CSc2ccccc2)n(C)c2cc(O)ccc12. The van der Waals surface area contributed by atoms with E-state index in [1.54, 1.807) is 36.9 Å².